The molecule has 13 heteroatoms. The molecule has 2 aliphatic heterocycles. The molecule has 12 nitrogen and oxygen atoms in total. The number of nitrogens with one attached hydrogen (secondary N) is 1. The van der Waals surface area contributed by atoms with Crippen molar-refractivity contribution >= 4 is 41.9 Å². The standard InChI is InChI=1S/C20H19BN8O4/c1-11-16(29(20(23)31)8-3-2-7-14(29)25-11)19-26-18(15(17(22)30)27-28-19)24-10-12-5-4-6-13(9-12)21(32)33/h2-9,32-33H,10H2,1H3,(H4-,22,23,24,26,28,30,31)/p+1. The van der Waals surface area contributed by atoms with E-state index < -0.39 is 23.5 Å². The second-order valence-corrected chi connectivity index (χ2v) is 7.33. The number of fused-ring (bicyclic) bond motifs is 1. The van der Waals surface area contributed by atoms with Crippen molar-refractivity contribution in [3.05, 3.63) is 71.5 Å². The minimum Gasteiger partial charge on any atom is -0.423 e. The quantitative estimate of drug-likeness (QED) is 0.285. The van der Waals surface area contributed by atoms with Crippen LogP contribution in [-0.2, 0) is 6.54 Å². The number of urea groups is 1. The Hall–Kier alpha value is -4.20. The van der Waals surface area contributed by atoms with Crippen molar-refractivity contribution in [2.45, 2.75) is 13.5 Å². The number of carbonyl (C=O) groups is 2. The van der Waals surface area contributed by atoms with Gasteiger partial charge in [0.1, 0.15) is 11.9 Å². The van der Waals surface area contributed by atoms with Crippen LogP contribution < -0.4 is 22.2 Å². The van der Waals surface area contributed by atoms with Crippen LogP contribution >= 0.6 is 0 Å². The summed E-state index contributed by atoms with van der Waals surface area (Å²) in [6, 6.07) is 5.84. The molecule has 2 aliphatic rings. The molecule has 166 valence electrons. The van der Waals surface area contributed by atoms with Gasteiger partial charge in [0, 0.05) is 12.6 Å². The maximum atomic E-state index is 12.5. The lowest BCUT2D eigenvalue weighted by atomic mass is 9.80. The molecule has 0 spiro atoms. The first-order valence-corrected chi connectivity index (χ1v) is 9.83. The maximum Gasteiger partial charge on any atom is 0.488 e. The number of amides is 3. The molecule has 4 rings (SSSR count). The van der Waals surface area contributed by atoms with Crippen molar-refractivity contribution in [2.75, 3.05) is 5.32 Å². The van der Waals surface area contributed by atoms with Gasteiger partial charge in [-0.3, -0.25) is 4.79 Å². The van der Waals surface area contributed by atoms with E-state index >= 15 is 0 Å². The number of aliphatic imine (C=N–C) groups is 1. The smallest absolute Gasteiger partial charge is 0.423 e. The molecule has 0 saturated heterocycles. The SMILES string of the molecule is CC1=C(c2nnc(C(N)=O)c(NCc3cccc(B(O)O)c3)n2)[N+]2(C(N)=O)C=CC=CC2=N1. The number of benzene rings is 1. The monoisotopic (exact) mass is 447 g/mol. The summed E-state index contributed by atoms with van der Waals surface area (Å²) in [6.07, 6.45) is 6.62. The van der Waals surface area contributed by atoms with Crippen LogP contribution in [0.5, 0.6) is 0 Å². The van der Waals surface area contributed by atoms with Gasteiger partial charge in [-0.05, 0) is 30.1 Å². The Labute approximate surface area is 188 Å². The molecular weight excluding hydrogens is 427 g/mol. The number of rotatable bonds is 6. The fourth-order valence-electron chi connectivity index (χ4n) is 3.68. The Bertz CT molecular complexity index is 1290. The van der Waals surface area contributed by atoms with E-state index in [4.69, 9.17) is 11.5 Å². The van der Waals surface area contributed by atoms with E-state index in [2.05, 4.69) is 25.5 Å². The van der Waals surface area contributed by atoms with E-state index in [0.717, 1.165) is 0 Å². The number of nitrogens with two attached hydrogens (primary N) is 2. The van der Waals surface area contributed by atoms with Crippen LogP contribution in [0.15, 0.2) is 59.4 Å². The molecule has 0 saturated carbocycles. The second-order valence-electron chi connectivity index (χ2n) is 7.33. The van der Waals surface area contributed by atoms with Crippen LogP contribution in [0.4, 0.5) is 10.6 Å². The average molecular weight is 447 g/mol. The highest BCUT2D eigenvalue weighted by molar-refractivity contribution is 6.58. The maximum absolute atomic E-state index is 12.5. The minimum atomic E-state index is -1.62. The normalized spacial score (nSPS) is 18.7. The van der Waals surface area contributed by atoms with Crippen molar-refractivity contribution in [3.63, 3.8) is 0 Å². The third-order valence-electron chi connectivity index (χ3n) is 5.19. The number of nitrogens with zero attached hydrogens (tertiary/aromatic N) is 5. The van der Waals surface area contributed by atoms with Gasteiger partial charge in [0.25, 0.3) is 5.91 Å². The zero-order chi connectivity index (χ0) is 23.8. The molecule has 1 atom stereocenters. The molecule has 2 aromatic rings. The number of primary amides is 2. The molecule has 0 fully saturated rings. The number of aromatic nitrogens is 3. The van der Waals surface area contributed by atoms with Gasteiger partial charge >= 0.3 is 13.1 Å². The van der Waals surface area contributed by atoms with Gasteiger partial charge in [-0.15, -0.1) is 14.7 Å². The topological polar surface area (TPSA) is 190 Å². The lowest BCUT2D eigenvalue weighted by molar-refractivity contribution is -0.611. The Morgan fingerprint density at radius 1 is 1.18 bits per heavy atom. The highest BCUT2D eigenvalue weighted by Gasteiger charge is 2.51. The number of allylic oxidation sites excluding steroid dienone is 3. The van der Waals surface area contributed by atoms with Gasteiger partial charge in [0.2, 0.25) is 17.4 Å². The first kappa shape index (κ1) is 22.0. The largest absolute Gasteiger partial charge is 0.488 e. The number of anilines is 1. The van der Waals surface area contributed by atoms with E-state index in [-0.39, 0.29) is 23.9 Å². The Kier molecular flexibility index (Phi) is 5.60. The summed E-state index contributed by atoms with van der Waals surface area (Å²) >= 11 is 0. The number of hydrogen-bond donors (Lipinski definition) is 5. The molecule has 1 aromatic carbocycles. The van der Waals surface area contributed by atoms with Crippen molar-refractivity contribution in [3.8, 4) is 0 Å². The van der Waals surface area contributed by atoms with E-state index in [1.165, 1.54) is 0 Å². The zero-order valence-electron chi connectivity index (χ0n) is 17.5. The fraction of sp³-hybridized carbons (Fsp3) is 0.100. The number of carbonyl (C=O) groups excluding carboxylic acids is 2. The van der Waals surface area contributed by atoms with Crippen molar-refractivity contribution in [2.24, 2.45) is 16.5 Å². The summed E-state index contributed by atoms with van der Waals surface area (Å²) in [5, 5.41) is 29.7. The van der Waals surface area contributed by atoms with Crippen molar-refractivity contribution < 1.29 is 24.1 Å². The average Bonchev–Trinajstić information content (AvgIpc) is 3.10. The summed E-state index contributed by atoms with van der Waals surface area (Å²) in [4.78, 5) is 33.3. The van der Waals surface area contributed by atoms with E-state index in [9.17, 15) is 19.6 Å². The van der Waals surface area contributed by atoms with Crippen molar-refractivity contribution in [1.82, 2.24) is 15.2 Å². The lowest BCUT2D eigenvalue weighted by Gasteiger charge is -2.27. The highest BCUT2D eigenvalue weighted by Crippen LogP contribution is 2.38. The van der Waals surface area contributed by atoms with Gasteiger partial charge in [-0.1, -0.05) is 24.3 Å². The number of hydrogen-bond acceptors (Lipinski definition) is 9. The van der Waals surface area contributed by atoms with Gasteiger partial charge in [0.05, 0.1) is 0 Å². The first-order valence-electron chi connectivity index (χ1n) is 9.83. The molecule has 0 aliphatic carbocycles. The van der Waals surface area contributed by atoms with E-state index in [1.807, 2.05) is 0 Å². The Balaban J connectivity index is 1.73. The van der Waals surface area contributed by atoms with Gasteiger partial charge in [0.15, 0.2) is 11.5 Å². The first-order chi connectivity index (χ1) is 15.7. The number of quaternary nitrogens is 1. The summed E-state index contributed by atoms with van der Waals surface area (Å²) in [5.74, 6) is -0.390. The highest BCUT2D eigenvalue weighted by atomic mass is 16.4. The third kappa shape index (κ3) is 3.80. The van der Waals surface area contributed by atoms with Crippen LogP contribution in [0.1, 0.15) is 28.8 Å². The van der Waals surface area contributed by atoms with Crippen LogP contribution in [0.2, 0.25) is 0 Å². The Morgan fingerprint density at radius 2 is 1.97 bits per heavy atom. The predicted molar refractivity (Wildman–Crippen MR) is 120 cm³/mol. The summed E-state index contributed by atoms with van der Waals surface area (Å²) in [7, 11) is -1.62. The molecule has 1 aromatic heterocycles. The molecule has 1 unspecified atom stereocenters. The summed E-state index contributed by atoms with van der Waals surface area (Å²) in [5.41, 5.74) is 12.7. The summed E-state index contributed by atoms with van der Waals surface area (Å²) in [6.45, 7) is 1.85. The van der Waals surface area contributed by atoms with Crippen molar-refractivity contribution in [1.29, 1.82) is 0 Å². The Morgan fingerprint density at radius 3 is 2.67 bits per heavy atom. The summed E-state index contributed by atoms with van der Waals surface area (Å²) < 4.78 is -0.518. The van der Waals surface area contributed by atoms with Crippen LogP contribution in [-0.4, -0.2) is 54.6 Å². The van der Waals surface area contributed by atoms with Crippen LogP contribution in [0.3, 0.4) is 0 Å². The third-order valence-corrected chi connectivity index (χ3v) is 5.19. The minimum absolute atomic E-state index is 0.0374. The molecule has 0 radical (unpaired) electrons. The molecule has 0 bridgehead atoms. The van der Waals surface area contributed by atoms with E-state index in [0.29, 0.717) is 28.3 Å². The van der Waals surface area contributed by atoms with Crippen LogP contribution in [0.25, 0.3) is 5.70 Å². The second kappa shape index (κ2) is 8.39. The molecule has 3 amide bonds. The van der Waals surface area contributed by atoms with Crippen LogP contribution in [0, 0.1) is 0 Å². The van der Waals surface area contributed by atoms with Gasteiger partial charge in [-0.25, -0.2) is 9.78 Å². The molecule has 33 heavy (non-hydrogen) atoms. The number of amidine groups is 1. The molecule has 7 N–H and O–H groups in total. The van der Waals surface area contributed by atoms with E-state index in [1.54, 1.807) is 55.6 Å². The lowest BCUT2D eigenvalue weighted by Crippen LogP contribution is -2.52. The van der Waals surface area contributed by atoms with Gasteiger partial charge in [-0.2, -0.15) is 4.99 Å². The molecular formula is C20H20BN8O4+. The molecule has 3 heterocycles. The van der Waals surface area contributed by atoms with Gasteiger partial charge < -0.3 is 26.8 Å². The predicted octanol–water partition coefficient (Wildman–Crippen LogP) is -0.658. The fourth-order valence-corrected chi connectivity index (χ4v) is 3.68. The zero-order valence-corrected chi connectivity index (χ0v) is 17.5.